The topological polar surface area (TPSA) is 156 Å². The van der Waals surface area contributed by atoms with Crippen molar-refractivity contribution in [2.75, 3.05) is 36.8 Å². The molecule has 0 atom stereocenters. The van der Waals surface area contributed by atoms with Gasteiger partial charge in [0.1, 0.15) is 0 Å². The van der Waals surface area contributed by atoms with E-state index in [2.05, 4.69) is 25.9 Å². The van der Waals surface area contributed by atoms with Gasteiger partial charge in [0.2, 0.25) is 0 Å². The molecular formula is C31H26N6O5S. The first kappa shape index (κ1) is 27.8. The molecule has 2 aromatic heterocycles. The number of nitrogens with one attached hydrogen (secondary N) is 5. The number of benzene rings is 3. The Balaban J connectivity index is 1.07. The van der Waals surface area contributed by atoms with Crippen molar-refractivity contribution in [3.8, 4) is 10.4 Å². The monoisotopic (exact) mass is 594 g/mol. The fraction of sp³-hybridized carbons (Fsp3) is 0.129. The van der Waals surface area contributed by atoms with E-state index >= 15 is 0 Å². The molecule has 3 heterocycles. The summed E-state index contributed by atoms with van der Waals surface area (Å²) in [6.07, 6.45) is 0. The van der Waals surface area contributed by atoms with Crippen molar-refractivity contribution in [1.82, 2.24) is 20.2 Å². The van der Waals surface area contributed by atoms with Crippen LogP contribution in [0.3, 0.4) is 0 Å². The molecule has 0 aliphatic carbocycles. The van der Waals surface area contributed by atoms with E-state index in [1.807, 2.05) is 23.1 Å². The Bertz CT molecular complexity index is 1950. The van der Waals surface area contributed by atoms with E-state index in [0.717, 1.165) is 23.5 Å². The lowest BCUT2D eigenvalue weighted by Gasteiger charge is -2.27. The summed E-state index contributed by atoms with van der Waals surface area (Å²) < 4.78 is 0. The van der Waals surface area contributed by atoms with Gasteiger partial charge in [-0.1, -0.05) is 12.1 Å². The van der Waals surface area contributed by atoms with Gasteiger partial charge < -0.3 is 30.8 Å². The SMILES string of the molecule is O=C(Nc1ccc(-c2ccc(C(=O)Nc3ccc(C(=O)N4CCNCC4)cc3)s2)cc1)c1ccc2[nH]c(=O)c(=O)[nH]c2c1. The van der Waals surface area contributed by atoms with E-state index in [0.29, 0.717) is 51.5 Å². The predicted octanol–water partition coefficient (Wildman–Crippen LogP) is 3.49. The molecule has 1 aliphatic rings. The van der Waals surface area contributed by atoms with Crippen molar-refractivity contribution in [3.63, 3.8) is 0 Å². The zero-order valence-corrected chi connectivity index (χ0v) is 23.5. The van der Waals surface area contributed by atoms with E-state index in [1.54, 1.807) is 54.6 Å². The van der Waals surface area contributed by atoms with Gasteiger partial charge in [-0.3, -0.25) is 24.0 Å². The Labute approximate surface area is 248 Å². The highest BCUT2D eigenvalue weighted by Crippen LogP contribution is 2.30. The third-order valence-corrected chi connectivity index (χ3v) is 8.17. The number of rotatable bonds is 6. The molecular weight excluding hydrogens is 568 g/mol. The molecule has 1 fully saturated rings. The number of H-pyrrole nitrogens is 2. The van der Waals surface area contributed by atoms with E-state index in [1.165, 1.54) is 17.4 Å². The summed E-state index contributed by atoms with van der Waals surface area (Å²) in [5, 5.41) is 8.93. The summed E-state index contributed by atoms with van der Waals surface area (Å²) in [4.78, 5) is 69.6. The lowest BCUT2D eigenvalue weighted by Crippen LogP contribution is -2.46. The predicted molar refractivity (Wildman–Crippen MR) is 166 cm³/mol. The number of aromatic nitrogens is 2. The van der Waals surface area contributed by atoms with Crippen molar-refractivity contribution in [2.45, 2.75) is 0 Å². The quantitative estimate of drug-likeness (QED) is 0.190. The number of anilines is 2. The number of nitrogens with zero attached hydrogens (tertiary/aromatic N) is 1. The van der Waals surface area contributed by atoms with Crippen LogP contribution in [-0.4, -0.2) is 58.8 Å². The van der Waals surface area contributed by atoms with Crippen molar-refractivity contribution < 1.29 is 14.4 Å². The van der Waals surface area contributed by atoms with Crippen molar-refractivity contribution in [1.29, 1.82) is 0 Å². The third-order valence-electron chi connectivity index (χ3n) is 7.04. The zero-order chi connectivity index (χ0) is 29.9. The van der Waals surface area contributed by atoms with Gasteiger partial charge in [-0.05, 0) is 72.3 Å². The van der Waals surface area contributed by atoms with Crippen LogP contribution in [0.4, 0.5) is 11.4 Å². The molecule has 0 saturated carbocycles. The molecule has 0 spiro atoms. The van der Waals surface area contributed by atoms with Crippen molar-refractivity contribution in [3.05, 3.63) is 116 Å². The average Bonchev–Trinajstić information content (AvgIpc) is 3.53. The molecule has 1 aliphatic heterocycles. The Morgan fingerprint density at radius 1 is 0.674 bits per heavy atom. The summed E-state index contributed by atoms with van der Waals surface area (Å²) in [6, 6.07) is 22.3. The summed E-state index contributed by atoms with van der Waals surface area (Å²) in [7, 11) is 0. The fourth-order valence-corrected chi connectivity index (χ4v) is 5.64. The first-order valence-electron chi connectivity index (χ1n) is 13.5. The maximum Gasteiger partial charge on any atom is 0.314 e. The van der Waals surface area contributed by atoms with E-state index in [-0.39, 0.29) is 17.7 Å². The van der Waals surface area contributed by atoms with Crippen LogP contribution in [0.15, 0.2) is 88.5 Å². The Morgan fingerprint density at radius 2 is 1.28 bits per heavy atom. The Morgan fingerprint density at radius 3 is 1.98 bits per heavy atom. The number of carbonyl (C=O) groups is 3. The lowest BCUT2D eigenvalue weighted by molar-refractivity contribution is 0.0735. The number of fused-ring (bicyclic) bond motifs is 1. The number of hydrogen-bond donors (Lipinski definition) is 5. The largest absolute Gasteiger partial charge is 0.336 e. The van der Waals surface area contributed by atoms with Gasteiger partial charge in [-0.2, -0.15) is 0 Å². The molecule has 5 aromatic rings. The second kappa shape index (κ2) is 11.9. The molecule has 0 bridgehead atoms. The molecule has 5 N–H and O–H groups in total. The second-order valence-electron chi connectivity index (χ2n) is 9.94. The highest BCUT2D eigenvalue weighted by Gasteiger charge is 2.18. The van der Waals surface area contributed by atoms with Crippen LogP contribution in [0.2, 0.25) is 0 Å². The molecule has 6 rings (SSSR count). The molecule has 0 radical (unpaired) electrons. The van der Waals surface area contributed by atoms with Crippen LogP contribution in [0.1, 0.15) is 30.4 Å². The van der Waals surface area contributed by atoms with E-state index in [9.17, 15) is 24.0 Å². The van der Waals surface area contributed by atoms with Crippen LogP contribution in [0, 0.1) is 0 Å². The number of amides is 3. The van der Waals surface area contributed by atoms with E-state index in [4.69, 9.17) is 0 Å². The Hall–Kier alpha value is -5.33. The minimum Gasteiger partial charge on any atom is -0.336 e. The fourth-order valence-electron chi connectivity index (χ4n) is 4.73. The van der Waals surface area contributed by atoms with Crippen LogP contribution in [-0.2, 0) is 0 Å². The van der Waals surface area contributed by atoms with Gasteiger partial charge >= 0.3 is 11.1 Å². The molecule has 11 nitrogen and oxygen atoms in total. The maximum atomic E-state index is 12.9. The first-order chi connectivity index (χ1) is 20.8. The van der Waals surface area contributed by atoms with Crippen molar-refractivity contribution >= 4 is 51.5 Å². The molecule has 12 heteroatoms. The van der Waals surface area contributed by atoms with Crippen LogP contribution < -0.4 is 27.1 Å². The minimum atomic E-state index is -0.789. The van der Waals surface area contributed by atoms with Gasteiger partial charge in [0.15, 0.2) is 0 Å². The number of piperazine rings is 1. The molecule has 0 unspecified atom stereocenters. The summed E-state index contributed by atoms with van der Waals surface area (Å²) in [5.41, 5.74) is 2.17. The van der Waals surface area contributed by atoms with Gasteiger partial charge in [0, 0.05) is 53.6 Å². The van der Waals surface area contributed by atoms with Gasteiger partial charge in [-0.15, -0.1) is 11.3 Å². The van der Waals surface area contributed by atoms with E-state index < -0.39 is 11.1 Å². The normalized spacial score (nSPS) is 13.1. The standard InChI is InChI=1S/C31H26N6O5S/c38-27(20-5-10-23-24(17-20)36-30(41)29(40)35-23)33-21-6-1-18(2-7-21)25-11-12-26(43-25)28(39)34-22-8-3-19(4-9-22)31(42)37-15-13-32-14-16-37/h1-12,17,32H,13-16H2,(H,33,38)(H,34,39)(H,35,40)(H,36,41). The van der Waals surface area contributed by atoms with Crippen molar-refractivity contribution in [2.24, 2.45) is 0 Å². The molecule has 3 aromatic carbocycles. The van der Waals surface area contributed by atoms with Gasteiger partial charge in [0.05, 0.1) is 15.9 Å². The first-order valence-corrected chi connectivity index (χ1v) is 14.3. The number of aromatic amines is 2. The molecule has 216 valence electrons. The minimum absolute atomic E-state index is 0.0160. The Kier molecular flexibility index (Phi) is 7.69. The number of hydrogen-bond acceptors (Lipinski definition) is 7. The van der Waals surface area contributed by atoms with Gasteiger partial charge in [0.25, 0.3) is 17.7 Å². The summed E-state index contributed by atoms with van der Waals surface area (Å²) >= 11 is 1.34. The smallest absolute Gasteiger partial charge is 0.314 e. The molecule has 1 saturated heterocycles. The maximum absolute atomic E-state index is 12.9. The van der Waals surface area contributed by atoms with Crippen LogP contribution in [0.25, 0.3) is 21.5 Å². The zero-order valence-electron chi connectivity index (χ0n) is 22.7. The number of thiophene rings is 1. The average molecular weight is 595 g/mol. The van der Waals surface area contributed by atoms with Gasteiger partial charge in [-0.25, -0.2) is 0 Å². The van der Waals surface area contributed by atoms with Crippen LogP contribution >= 0.6 is 11.3 Å². The number of carbonyl (C=O) groups excluding carboxylic acids is 3. The molecule has 43 heavy (non-hydrogen) atoms. The van der Waals surface area contributed by atoms with Crippen LogP contribution in [0.5, 0.6) is 0 Å². The highest BCUT2D eigenvalue weighted by molar-refractivity contribution is 7.17. The summed E-state index contributed by atoms with van der Waals surface area (Å²) in [5.74, 6) is -0.641. The lowest BCUT2D eigenvalue weighted by atomic mass is 10.1. The summed E-state index contributed by atoms with van der Waals surface area (Å²) in [6.45, 7) is 2.92. The highest BCUT2D eigenvalue weighted by atomic mass is 32.1. The molecule has 3 amide bonds. The second-order valence-corrected chi connectivity index (χ2v) is 11.0. The third kappa shape index (κ3) is 6.15.